The number of likely N-dealkylation sites (tertiary alicyclic amines) is 1. The zero-order valence-corrected chi connectivity index (χ0v) is 34.3. The fourth-order valence-corrected chi connectivity index (χ4v) is 9.37. The Kier molecular flexibility index (Phi) is 16.3. The normalized spacial score (nSPS) is 25.5. The molecule has 2 aliphatic heterocycles. The second-order valence-electron chi connectivity index (χ2n) is 13.8. The first kappa shape index (κ1) is 47.2. The van der Waals surface area contributed by atoms with E-state index >= 15 is 0 Å². The van der Waals surface area contributed by atoms with Crippen molar-refractivity contribution in [1.82, 2.24) is 30.2 Å². The Bertz CT molecular complexity index is 1890. The number of amides is 2. The Morgan fingerprint density at radius 2 is 1.82 bits per heavy atom. The highest BCUT2D eigenvalue weighted by Gasteiger charge is 2.47. The highest BCUT2D eigenvalue weighted by molar-refractivity contribution is 8.13. The molecule has 2 amide bonds. The Morgan fingerprint density at radius 3 is 2.49 bits per heavy atom. The quantitative estimate of drug-likeness (QED) is 0.0506. The molecule has 25 nitrogen and oxygen atoms in total. The average molecular weight is 890 g/mol. The fourth-order valence-electron chi connectivity index (χ4n) is 5.89. The number of phosphoric acid groups is 3. The number of imidazole rings is 1. The fraction of sp³-hybridized carbons (Fsp3) is 0.714. The van der Waals surface area contributed by atoms with Gasteiger partial charge in [0.2, 0.25) is 11.8 Å². The SMILES string of the molecule is C[NH+]1CCCC1CC(=O)SCCNC(=O)CCNC(=O)[C@H](O)C(C)(C)COP(=O)([O-])OP(=O)([O-])OC[C@H]1O[C@@H](n2cnc3c(N)ncnc32)[C@H](O)[C@@H]1OP(=O)([O-])[O-]. The minimum absolute atomic E-state index is 0.0194. The number of anilines is 1. The molecule has 2 aromatic heterocycles. The summed E-state index contributed by atoms with van der Waals surface area (Å²) < 4.78 is 60.6. The van der Waals surface area contributed by atoms with Crippen molar-refractivity contribution in [3.8, 4) is 0 Å². The van der Waals surface area contributed by atoms with Crippen molar-refractivity contribution in [1.29, 1.82) is 0 Å². The summed E-state index contributed by atoms with van der Waals surface area (Å²) in [6, 6.07) is 0.309. The number of nitrogens with zero attached hydrogens (tertiary/aromatic N) is 4. The van der Waals surface area contributed by atoms with Crippen molar-refractivity contribution in [3.05, 3.63) is 12.7 Å². The van der Waals surface area contributed by atoms with Crippen LogP contribution in [0.25, 0.3) is 11.2 Å². The molecule has 2 aromatic rings. The Morgan fingerprint density at radius 1 is 1.12 bits per heavy atom. The smallest absolute Gasteiger partial charge is 0.274 e. The lowest BCUT2D eigenvalue weighted by atomic mass is 9.87. The summed E-state index contributed by atoms with van der Waals surface area (Å²) in [6.07, 6.45) is -4.99. The van der Waals surface area contributed by atoms with Crippen LogP contribution in [-0.2, 0) is 50.7 Å². The van der Waals surface area contributed by atoms with E-state index in [0.717, 1.165) is 48.4 Å². The molecule has 4 heterocycles. The predicted molar refractivity (Wildman–Crippen MR) is 188 cm³/mol. The molecule has 0 bridgehead atoms. The molecule has 0 saturated carbocycles. The van der Waals surface area contributed by atoms with E-state index in [9.17, 15) is 57.9 Å². The average Bonchev–Trinajstić information content (AvgIpc) is 3.81. The van der Waals surface area contributed by atoms with E-state index < -0.39 is 84.6 Å². The summed E-state index contributed by atoms with van der Waals surface area (Å²) in [4.78, 5) is 97.7. The van der Waals surface area contributed by atoms with Gasteiger partial charge in [0.05, 0.1) is 53.4 Å². The van der Waals surface area contributed by atoms with Gasteiger partial charge >= 0.3 is 0 Å². The van der Waals surface area contributed by atoms with Crippen LogP contribution in [-0.4, -0.2) is 123 Å². The number of hydrogen-bond donors (Lipinski definition) is 6. The number of fused-ring (bicyclic) bond motifs is 1. The highest BCUT2D eigenvalue weighted by Crippen LogP contribution is 2.56. The monoisotopic (exact) mass is 889 g/mol. The molecule has 322 valence electrons. The molecule has 2 fully saturated rings. The van der Waals surface area contributed by atoms with Crippen LogP contribution in [0.1, 0.15) is 45.8 Å². The lowest BCUT2D eigenvalue weighted by Gasteiger charge is -2.36. The largest absolute Gasteiger partial charge is 0.790 e. The van der Waals surface area contributed by atoms with Crippen molar-refractivity contribution in [2.45, 2.75) is 76.2 Å². The summed E-state index contributed by atoms with van der Waals surface area (Å²) in [5, 5.41) is 26.3. The van der Waals surface area contributed by atoms with Gasteiger partial charge in [0.1, 0.15) is 36.3 Å². The third-order valence-corrected chi connectivity index (χ3v) is 12.9. The van der Waals surface area contributed by atoms with Crippen molar-refractivity contribution in [2.24, 2.45) is 5.41 Å². The van der Waals surface area contributed by atoms with Crippen LogP contribution in [0.5, 0.6) is 0 Å². The van der Waals surface area contributed by atoms with Crippen molar-refractivity contribution < 1.29 is 85.4 Å². The summed E-state index contributed by atoms with van der Waals surface area (Å²) >= 11 is 1.13. The van der Waals surface area contributed by atoms with Gasteiger partial charge in [-0.25, -0.2) is 19.3 Å². The number of aliphatic hydroxyl groups excluding tert-OH is 2. The molecular formula is C28H44N8O17P3S-3. The molecule has 57 heavy (non-hydrogen) atoms. The lowest BCUT2D eigenvalue weighted by Crippen LogP contribution is -3.10. The molecule has 0 spiro atoms. The number of nitrogens with one attached hydrogen (secondary N) is 3. The van der Waals surface area contributed by atoms with Gasteiger partial charge in [-0.2, -0.15) is 0 Å². The molecule has 9 atom stereocenters. The number of nitrogen functional groups attached to an aromatic ring is 1. The van der Waals surface area contributed by atoms with Crippen LogP contribution >= 0.6 is 35.2 Å². The van der Waals surface area contributed by atoms with E-state index in [1.807, 2.05) is 0 Å². The summed E-state index contributed by atoms with van der Waals surface area (Å²) in [6.45, 7) is 1.20. The molecular weight excluding hydrogens is 845 g/mol. The Balaban J connectivity index is 1.21. The number of thioether (sulfide) groups is 1. The summed E-state index contributed by atoms with van der Waals surface area (Å²) in [5.41, 5.74) is 4.08. The molecule has 4 unspecified atom stereocenters. The number of aromatic nitrogens is 4. The first-order chi connectivity index (χ1) is 26.5. The first-order valence-corrected chi connectivity index (χ1v) is 22.7. The maximum absolute atomic E-state index is 12.6. The van der Waals surface area contributed by atoms with E-state index in [2.05, 4.69) is 50.5 Å². The van der Waals surface area contributed by atoms with Crippen LogP contribution in [0.2, 0.25) is 0 Å². The van der Waals surface area contributed by atoms with Gasteiger partial charge in [0.25, 0.3) is 15.6 Å². The number of rotatable bonds is 21. The number of phosphoric ester groups is 3. The van der Waals surface area contributed by atoms with Gasteiger partial charge in [-0.15, -0.1) is 0 Å². The zero-order chi connectivity index (χ0) is 42.3. The van der Waals surface area contributed by atoms with Crippen molar-refractivity contribution in [3.63, 3.8) is 0 Å². The molecule has 29 heteroatoms. The third kappa shape index (κ3) is 13.8. The third-order valence-electron chi connectivity index (χ3n) is 8.97. The zero-order valence-electron chi connectivity index (χ0n) is 30.8. The number of aliphatic hydroxyl groups is 2. The van der Waals surface area contributed by atoms with E-state index in [4.69, 9.17) is 10.5 Å². The summed E-state index contributed by atoms with van der Waals surface area (Å²) in [5.74, 6) is -1.14. The van der Waals surface area contributed by atoms with Gasteiger partial charge in [-0.1, -0.05) is 25.6 Å². The number of ether oxygens (including phenoxy) is 1. The van der Waals surface area contributed by atoms with E-state index in [0.29, 0.717) is 18.2 Å². The number of hydrogen-bond acceptors (Lipinski definition) is 22. The van der Waals surface area contributed by atoms with Crippen LogP contribution in [0.4, 0.5) is 5.82 Å². The van der Waals surface area contributed by atoms with Gasteiger partial charge in [0.15, 0.2) is 22.8 Å². The van der Waals surface area contributed by atoms with Crippen LogP contribution in [0.15, 0.2) is 12.7 Å². The molecule has 0 aromatic carbocycles. The Hall–Kier alpha value is -2.48. The molecule has 2 saturated heterocycles. The topological polar surface area (TPSA) is 379 Å². The standard InChI is InChI=1S/C28H47N8O17P3S/c1-28(2,23(40)26(41)31-7-6-18(37)30-8-10-57-19(38)11-16-5-4-9-35(16)3)13-50-56(47,48)53-55(45,46)49-12-17-22(52-54(42,43)44)21(39)27(51-17)36-15-34-20-24(29)32-14-33-25(20)36/h14-17,21-23,27,39-40H,4-13H2,1-3H3,(H,30,37)(H,31,41)(H,45,46)(H,47,48)(H2,29,32,33)(H2,42,43,44)/p-3/t16?,17-,21-,22-,23+,27-/m1/s1. The number of carbonyl (C=O) groups is 3. The van der Waals surface area contributed by atoms with Crippen LogP contribution in [0, 0.1) is 5.41 Å². The maximum atomic E-state index is 12.6. The molecule has 0 aliphatic carbocycles. The Labute approximate surface area is 329 Å². The second kappa shape index (κ2) is 19.7. The van der Waals surface area contributed by atoms with Crippen LogP contribution in [0.3, 0.4) is 0 Å². The number of nitrogens with two attached hydrogens (primary N) is 1. The second-order valence-corrected chi connectivity index (χ2v) is 19.1. The predicted octanol–water partition coefficient (Wildman–Crippen LogP) is -4.80. The molecule has 2 aliphatic rings. The summed E-state index contributed by atoms with van der Waals surface area (Å²) in [7, 11) is -15.5. The minimum atomic E-state index is -5.91. The van der Waals surface area contributed by atoms with E-state index in [-0.39, 0.29) is 41.6 Å². The van der Waals surface area contributed by atoms with Gasteiger partial charge < -0.3 is 73.9 Å². The van der Waals surface area contributed by atoms with Gasteiger partial charge in [-0.3, -0.25) is 28.1 Å². The minimum Gasteiger partial charge on any atom is -0.790 e. The van der Waals surface area contributed by atoms with E-state index in [1.54, 1.807) is 0 Å². The molecule has 7 N–H and O–H groups in total. The molecule has 4 rings (SSSR count). The number of quaternary nitrogens is 1. The van der Waals surface area contributed by atoms with Crippen molar-refractivity contribution >= 4 is 69.1 Å². The first-order valence-electron chi connectivity index (χ1n) is 17.3. The molecule has 0 radical (unpaired) electrons. The highest BCUT2D eigenvalue weighted by atomic mass is 32.2. The number of carbonyl (C=O) groups excluding carboxylic acids is 3. The van der Waals surface area contributed by atoms with Gasteiger partial charge in [0, 0.05) is 43.5 Å². The van der Waals surface area contributed by atoms with Crippen LogP contribution < -0.4 is 40.8 Å². The van der Waals surface area contributed by atoms with E-state index in [1.165, 1.54) is 18.7 Å². The lowest BCUT2D eigenvalue weighted by molar-refractivity contribution is -0.891. The van der Waals surface area contributed by atoms with Gasteiger partial charge in [-0.05, 0) is 0 Å². The van der Waals surface area contributed by atoms with Crippen molar-refractivity contribution in [2.75, 3.05) is 51.4 Å². The maximum Gasteiger partial charge on any atom is 0.274 e.